The molecule has 0 aliphatic heterocycles. The molecule has 51 heavy (non-hydrogen) atoms. The lowest BCUT2D eigenvalue weighted by molar-refractivity contribution is -0.225. The first-order chi connectivity index (χ1) is 24.2. The first kappa shape index (κ1) is 36.2. The number of fused-ring (bicyclic) bond motifs is 7. The van der Waals surface area contributed by atoms with Crippen molar-refractivity contribution < 1.29 is 9.59 Å². The van der Waals surface area contributed by atoms with E-state index < -0.39 is 0 Å². The van der Waals surface area contributed by atoms with Crippen molar-refractivity contribution in [2.45, 2.75) is 113 Å². The zero-order valence-electron chi connectivity index (χ0n) is 32.7. The Morgan fingerprint density at radius 2 is 1.53 bits per heavy atom. The molecule has 0 bridgehead atoms. The quantitative estimate of drug-likeness (QED) is 0.157. The fourth-order valence-electron chi connectivity index (χ4n) is 13.8. The number of Topliss-reactive ketones (excluding diaryl/α,β-unsaturated/α-hetero) is 1. The number of carbonyl (C=O) groups excluding carboxylic acids is 2. The number of anilines is 1. The second-order valence-electron chi connectivity index (χ2n) is 18.8. The van der Waals surface area contributed by atoms with Crippen molar-refractivity contribution in [1.29, 1.82) is 0 Å². The van der Waals surface area contributed by atoms with Crippen molar-refractivity contribution in [3.8, 4) is 0 Å². The number of hydrogen-bond donors (Lipinski definition) is 2. The smallest absolute Gasteiger partial charge is 0.226 e. The van der Waals surface area contributed by atoms with Crippen molar-refractivity contribution in [2.75, 3.05) is 18.4 Å². The zero-order valence-corrected chi connectivity index (χ0v) is 32.7. The van der Waals surface area contributed by atoms with Crippen molar-refractivity contribution in [3.63, 3.8) is 0 Å². The lowest BCUT2D eigenvalue weighted by Gasteiger charge is -2.72. The topological polar surface area (TPSA) is 58.2 Å². The molecule has 0 aromatic heterocycles. The molecule has 274 valence electrons. The molecule has 4 fully saturated rings. The van der Waals surface area contributed by atoms with Crippen molar-refractivity contribution in [2.24, 2.45) is 56.7 Å². The summed E-state index contributed by atoms with van der Waals surface area (Å²) in [5.74, 6) is 3.11. The van der Waals surface area contributed by atoms with Gasteiger partial charge >= 0.3 is 0 Å². The number of ketones is 1. The first-order valence-corrected chi connectivity index (χ1v) is 20.3. The number of nitrogens with one attached hydrogen (secondary N) is 2. The molecule has 0 heterocycles. The second-order valence-corrected chi connectivity index (χ2v) is 18.8. The molecule has 4 heteroatoms. The van der Waals surface area contributed by atoms with Crippen LogP contribution in [0.4, 0.5) is 5.69 Å². The van der Waals surface area contributed by atoms with Crippen LogP contribution >= 0.6 is 0 Å². The number of rotatable bonds is 9. The highest BCUT2D eigenvalue weighted by Gasteiger charge is 2.71. The maximum absolute atomic E-state index is 14.5. The minimum Gasteiger partial charge on any atom is -0.383 e. The molecule has 5 aliphatic rings. The molecule has 1 amide bonds. The van der Waals surface area contributed by atoms with E-state index >= 15 is 0 Å². The SMILES string of the molecule is C=C(C)C1CCC2(C(=O)NCCNc3ccccc3)CCC3(C)C(CCC4C5(C)CC=C(c6ccc(C(=O)CC)cc6)C(C)(C)C5CCC43C)C12. The van der Waals surface area contributed by atoms with Crippen LogP contribution in [0.25, 0.3) is 5.57 Å². The molecule has 4 saturated carbocycles. The predicted molar refractivity (Wildman–Crippen MR) is 211 cm³/mol. The summed E-state index contributed by atoms with van der Waals surface area (Å²) in [5, 5.41) is 6.93. The highest BCUT2D eigenvalue weighted by Crippen LogP contribution is 2.77. The molecule has 2 aromatic carbocycles. The highest BCUT2D eigenvalue weighted by molar-refractivity contribution is 5.96. The van der Waals surface area contributed by atoms with Gasteiger partial charge in [0.1, 0.15) is 0 Å². The van der Waals surface area contributed by atoms with Gasteiger partial charge in [-0.3, -0.25) is 9.59 Å². The summed E-state index contributed by atoms with van der Waals surface area (Å²) in [6.45, 7) is 23.1. The summed E-state index contributed by atoms with van der Waals surface area (Å²) in [6.07, 6.45) is 13.5. The molecule has 9 atom stereocenters. The van der Waals surface area contributed by atoms with Crippen LogP contribution in [0.1, 0.15) is 129 Å². The van der Waals surface area contributed by atoms with Crippen LogP contribution in [0.5, 0.6) is 0 Å². The van der Waals surface area contributed by atoms with Crippen LogP contribution in [0.2, 0.25) is 0 Å². The summed E-state index contributed by atoms with van der Waals surface area (Å²) < 4.78 is 0. The third-order valence-electron chi connectivity index (χ3n) is 16.4. The Labute approximate surface area is 308 Å². The summed E-state index contributed by atoms with van der Waals surface area (Å²) in [6, 6.07) is 18.8. The zero-order chi connectivity index (χ0) is 36.4. The lowest BCUT2D eigenvalue weighted by Crippen LogP contribution is -2.66. The Morgan fingerprint density at radius 3 is 2.22 bits per heavy atom. The van der Waals surface area contributed by atoms with Crippen LogP contribution in [0.3, 0.4) is 0 Å². The van der Waals surface area contributed by atoms with Gasteiger partial charge in [-0.25, -0.2) is 0 Å². The van der Waals surface area contributed by atoms with Gasteiger partial charge in [0, 0.05) is 30.8 Å². The maximum atomic E-state index is 14.5. The minimum absolute atomic E-state index is 0.0496. The Hall–Kier alpha value is -3.14. The number of hydrogen-bond acceptors (Lipinski definition) is 3. The third kappa shape index (κ3) is 5.51. The summed E-state index contributed by atoms with van der Waals surface area (Å²) in [4.78, 5) is 26.8. The monoisotopic (exact) mass is 688 g/mol. The van der Waals surface area contributed by atoms with E-state index in [1.165, 1.54) is 42.4 Å². The summed E-state index contributed by atoms with van der Waals surface area (Å²) >= 11 is 0. The Morgan fingerprint density at radius 1 is 0.804 bits per heavy atom. The first-order valence-electron chi connectivity index (χ1n) is 20.3. The maximum Gasteiger partial charge on any atom is 0.226 e. The van der Waals surface area contributed by atoms with Crippen molar-refractivity contribution in [3.05, 3.63) is 84.0 Å². The van der Waals surface area contributed by atoms with Gasteiger partial charge in [0.25, 0.3) is 0 Å². The van der Waals surface area contributed by atoms with Gasteiger partial charge < -0.3 is 10.6 Å². The Balaban J connectivity index is 1.15. The second kappa shape index (κ2) is 13.1. The van der Waals surface area contributed by atoms with Gasteiger partial charge in [0.15, 0.2) is 5.78 Å². The highest BCUT2D eigenvalue weighted by atomic mass is 16.2. The fraction of sp³-hybridized carbons (Fsp3) is 0.617. The van der Waals surface area contributed by atoms with Gasteiger partial charge in [0.2, 0.25) is 5.91 Å². The molecule has 0 saturated heterocycles. The van der Waals surface area contributed by atoms with Crippen LogP contribution < -0.4 is 10.6 Å². The molecule has 7 rings (SSSR count). The van der Waals surface area contributed by atoms with Gasteiger partial charge in [-0.1, -0.05) is 102 Å². The number of carbonyl (C=O) groups is 2. The lowest BCUT2D eigenvalue weighted by atomic mass is 9.32. The van der Waals surface area contributed by atoms with Crippen LogP contribution in [0.15, 0.2) is 72.8 Å². The van der Waals surface area contributed by atoms with Gasteiger partial charge in [-0.15, -0.1) is 0 Å². The molecule has 9 unspecified atom stereocenters. The molecule has 0 spiro atoms. The molecular formula is C47H64N2O2. The predicted octanol–water partition coefficient (Wildman–Crippen LogP) is 11.2. The van der Waals surface area contributed by atoms with E-state index in [-0.39, 0.29) is 32.9 Å². The van der Waals surface area contributed by atoms with Crippen molar-refractivity contribution in [1.82, 2.24) is 5.32 Å². The van der Waals surface area contributed by atoms with Crippen molar-refractivity contribution >= 4 is 23.0 Å². The standard InChI is InChI=1S/C47H64N2O2/c1-9-38(50)33-17-15-32(16-18-33)36-22-24-44(6)39(43(36,4)5)23-25-46(8)40(44)20-19-37-41-35(31(2)3)21-26-47(41,28-27-45(37,46)7)42(51)49-30-29-48-34-13-11-10-12-14-34/h10-18,22,35,37,39-41,48H,2,9,19-21,23-30H2,1,3-8H3,(H,49,51). The van der Waals surface area contributed by atoms with Gasteiger partial charge in [-0.05, 0) is 139 Å². The average Bonchev–Trinajstić information content (AvgIpc) is 3.52. The summed E-state index contributed by atoms with van der Waals surface area (Å²) in [5.41, 5.74) is 6.37. The van der Waals surface area contributed by atoms with E-state index in [0.717, 1.165) is 49.9 Å². The molecule has 2 N–H and O–H groups in total. The molecule has 2 aromatic rings. The molecule has 0 radical (unpaired) electrons. The number of amides is 1. The Bertz CT molecular complexity index is 1690. The minimum atomic E-state index is -0.285. The van der Waals surface area contributed by atoms with Crippen LogP contribution in [-0.4, -0.2) is 24.8 Å². The van der Waals surface area contributed by atoms with Gasteiger partial charge in [-0.2, -0.15) is 0 Å². The van der Waals surface area contributed by atoms with E-state index in [9.17, 15) is 9.59 Å². The third-order valence-corrected chi connectivity index (χ3v) is 16.4. The van der Waals surface area contributed by atoms with E-state index in [4.69, 9.17) is 0 Å². The van der Waals surface area contributed by atoms with Crippen LogP contribution in [0, 0.1) is 56.7 Å². The molecule has 4 nitrogen and oxygen atoms in total. The largest absolute Gasteiger partial charge is 0.383 e. The number of allylic oxidation sites excluding steroid dienone is 3. The normalized spacial score (nSPS) is 37.9. The number of benzene rings is 2. The average molecular weight is 689 g/mol. The van der Waals surface area contributed by atoms with Crippen LogP contribution in [-0.2, 0) is 4.79 Å². The van der Waals surface area contributed by atoms with E-state index in [0.29, 0.717) is 48.5 Å². The molecular weight excluding hydrogens is 625 g/mol. The van der Waals surface area contributed by atoms with Gasteiger partial charge in [0.05, 0.1) is 5.41 Å². The Kier molecular flexibility index (Phi) is 9.28. The molecule has 5 aliphatic carbocycles. The summed E-state index contributed by atoms with van der Waals surface area (Å²) in [7, 11) is 0. The number of para-hydroxylation sites is 1. The van der Waals surface area contributed by atoms with E-state index in [2.05, 4.69) is 89.1 Å². The van der Waals surface area contributed by atoms with E-state index in [1.54, 1.807) is 0 Å². The fourth-order valence-corrected chi connectivity index (χ4v) is 13.8. The van der Waals surface area contributed by atoms with E-state index in [1.807, 2.05) is 37.3 Å².